The van der Waals surface area contributed by atoms with Gasteiger partial charge in [-0.05, 0) is 65.1 Å². The molecule has 0 bridgehead atoms. The number of carboxylic acid groups (broad SMARTS) is 1. The number of benzene rings is 2. The first-order valence-electron chi connectivity index (χ1n) is 10.5. The number of rotatable bonds is 2. The van der Waals surface area contributed by atoms with Crippen LogP contribution in [-0.2, 0) is 6.42 Å². The summed E-state index contributed by atoms with van der Waals surface area (Å²) in [6.07, 6.45) is 3.58. The van der Waals surface area contributed by atoms with E-state index >= 15 is 0 Å². The maximum atomic E-state index is 12.2. The fraction of sp³-hybridized carbons (Fsp3) is 0.308. The SMILES string of the molecule is CC(C)(C)[C@H]1C/C(=C/c2ccc3c(c2)OCO3)c2nc3ccccc3c(C(=O)[O-])c2C1. The van der Waals surface area contributed by atoms with Crippen molar-refractivity contribution in [3.05, 3.63) is 64.8 Å². The smallest absolute Gasteiger partial charge is 0.231 e. The zero-order valence-electron chi connectivity index (χ0n) is 17.9. The molecule has 1 aromatic heterocycles. The van der Waals surface area contributed by atoms with Crippen molar-refractivity contribution in [3.63, 3.8) is 0 Å². The molecule has 31 heavy (non-hydrogen) atoms. The highest BCUT2D eigenvalue weighted by atomic mass is 16.7. The van der Waals surface area contributed by atoms with Gasteiger partial charge < -0.3 is 19.4 Å². The van der Waals surface area contributed by atoms with E-state index in [4.69, 9.17) is 14.5 Å². The van der Waals surface area contributed by atoms with Crippen molar-refractivity contribution >= 4 is 28.5 Å². The summed E-state index contributed by atoms with van der Waals surface area (Å²) in [6.45, 7) is 6.84. The van der Waals surface area contributed by atoms with Crippen LogP contribution < -0.4 is 14.6 Å². The number of aromatic nitrogens is 1. The Labute approximate surface area is 181 Å². The largest absolute Gasteiger partial charge is 0.545 e. The number of ether oxygens (including phenoxy) is 2. The van der Waals surface area contributed by atoms with E-state index in [1.807, 2.05) is 42.5 Å². The quantitative estimate of drug-likeness (QED) is 0.618. The maximum Gasteiger partial charge on any atom is 0.231 e. The molecule has 0 saturated heterocycles. The van der Waals surface area contributed by atoms with Crippen LogP contribution in [0.2, 0.25) is 0 Å². The summed E-state index contributed by atoms with van der Waals surface area (Å²) in [5.74, 6) is 0.593. The monoisotopic (exact) mass is 414 g/mol. The van der Waals surface area contributed by atoms with Gasteiger partial charge in [-0.25, -0.2) is 4.98 Å². The summed E-state index contributed by atoms with van der Waals surface area (Å²) in [4.78, 5) is 17.2. The van der Waals surface area contributed by atoms with Gasteiger partial charge in [-0.3, -0.25) is 0 Å². The highest BCUT2D eigenvalue weighted by Gasteiger charge is 2.34. The average Bonchev–Trinajstić information content (AvgIpc) is 3.19. The normalized spacial score (nSPS) is 18.9. The summed E-state index contributed by atoms with van der Waals surface area (Å²) in [7, 11) is 0. The number of hydrogen-bond acceptors (Lipinski definition) is 5. The van der Waals surface area contributed by atoms with Crippen molar-refractivity contribution in [1.82, 2.24) is 4.98 Å². The van der Waals surface area contributed by atoms with Gasteiger partial charge >= 0.3 is 0 Å². The van der Waals surface area contributed by atoms with E-state index in [9.17, 15) is 9.90 Å². The highest BCUT2D eigenvalue weighted by molar-refractivity contribution is 6.05. The third-order valence-corrected chi connectivity index (χ3v) is 6.38. The second kappa shape index (κ2) is 7.12. The van der Waals surface area contributed by atoms with Crippen LogP contribution in [0.3, 0.4) is 0 Å². The standard InChI is InChI=1S/C26H25NO4/c1-26(2,3)17-12-16(10-15-8-9-21-22(11-15)31-14-30-21)24-19(13-17)23(25(28)29)18-6-4-5-7-20(18)27-24/h4-11,17H,12-14H2,1-3H3,(H,28,29)/p-1/b16-10-/t17-/m0/s1. The average molecular weight is 414 g/mol. The Morgan fingerprint density at radius 2 is 1.87 bits per heavy atom. The van der Waals surface area contributed by atoms with E-state index in [0.29, 0.717) is 17.3 Å². The molecule has 0 radical (unpaired) electrons. The Balaban J connectivity index is 1.74. The number of pyridine rings is 1. The molecule has 0 amide bonds. The predicted octanol–water partition coefficient (Wildman–Crippen LogP) is 4.48. The molecular weight excluding hydrogens is 390 g/mol. The van der Waals surface area contributed by atoms with Crippen molar-refractivity contribution in [2.45, 2.75) is 33.6 Å². The van der Waals surface area contributed by atoms with E-state index in [0.717, 1.165) is 40.3 Å². The van der Waals surface area contributed by atoms with Crippen LogP contribution in [0.5, 0.6) is 11.5 Å². The first kappa shape index (κ1) is 19.6. The lowest BCUT2D eigenvalue weighted by Crippen LogP contribution is -2.31. The number of aromatic carboxylic acids is 1. The molecule has 0 saturated carbocycles. The Morgan fingerprint density at radius 1 is 1.10 bits per heavy atom. The van der Waals surface area contributed by atoms with Crippen molar-refractivity contribution in [3.8, 4) is 11.5 Å². The van der Waals surface area contributed by atoms with Crippen LogP contribution in [0.25, 0.3) is 22.6 Å². The molecular formula is C26H24NO4-. The minimum Gasteiger partial charge on any atom is -0.545 e. The van der Waals surface area contributed by atoms with Crippen molar-refractivity contribution in [2.24, 2.45) is 11.3 Å². The highest BCUT2D eigenvalue weighted by Crippen LogP contribution is 2.45. The number of allylic oxidation sites excluding steroid dienone is 1. The molecule has 2 heterocycles. The molecule has 0 fully saturated rings. The molecule has 5 rings (SSSR count). The van der Waals surface area contributed by atoms with Gasteiger partial charge in [-0.1, -0.05) is 45.0 Å². The number of fused-ring (bicyclic) bond motifs is 3. The van der Waals surface area contributed by atoms with Crippen molar-refractivity contribution in [2.75, 3.05) is 6.79 Å². The third-order valence-electron chi connectivity index (χ3n) is 6.38. The zero-order valence-corrected chi connectivity index (χ0v) is 17.9. The van der Waals surface area contributed by atoms with Gasteiger partial charge in [0, 0.05) is 10.9 Å². The number of carbonyl (C=O) groups is 1. The van der Waals surface area contributed by atoms with Crippen LogP contribution in [0.4, 0.5) is 0 Å². The van der Waals surface area contributed by atoms with Gasteiger partial charge in [0.05, 0.1) is 17.2 Å². The van der Waals surface area contributed by atoms with Gasteiger partial charge in [0.1, 0.15) is 0 Å². The summed E-state index contributed by atoms with van der Waals surface area (Å²) >= 11 is 0. The molecule has 5 nitrogen and oxygen atoms in total. The molecule has 0 N–H and O–H groups in total. The molecule has 1 aliphatic carbocycles. The minimum atomic E-state index is -1.15. The van der Waals surface area contributed by atoms with Crippen LogP contribution in [-0.4, -0.2) is 17.7 Å². The Kier molecular flexibility index (Phi) is 4.50. The Hall–Kier alpha value is -3.34. The lowest BCUT2D eigenvalue weighted by Gasteiger charge is -2.37. The Morgan fingerprint density at radius 3 is 2.65 bits per heavy atom. The van der Waals surface area contributed by atoms with E-state index in [-0.39, 0.29) is 23.7 Å². The maximum absolute atomic E-state index is 12.2. The number of carboxylic acids is 1. The van der Waals surface area contributed by atoms with Crippen LogP contribution >= 0.6 is 0 Å². The minimum absolute atomic E-state index is 0.0144. The number of nitrogens with zero attached hydrogens (tertiary/aromatic N) is 1. The van der Waals surface area contributed by atoms with Gasteiger partial charge in [0.25, 0.3) is 0 Å². The summed E-state index contributed by atoms with van der Waals surface area (Å²) in [5.41, 5.74) is 4.50. The van der Waals surface area contributed by atoms with Crippen LogP contribution in [0.15, 0.2) is 42.5 Å². The molecule has 2 aromatic carbocycles. The van der Waals surface area contributed by atoms with Crippen molar-refractivity contribution < 1.29 is 19.4 Å². The summed E-state index contributed by atoms with van der Waals surface area (Å²) < 4.78 is 11.0. The van der Waals surface area contributed by atoms with Gasteiger partial charge in [0.2, 0.25) is 6.79 Å². The molecule has 158 valence electrons. The lowest BCUT2D eigenvalue weighted by molar-refractivity contribution is -0.254. The fourth-order valence-corrected chi connectivity index (χ4v) is 4.57. The van der Waals surface area contributed by atoms with E-state index in [1.54, 1.807) is 0 Å². The second-order valence-corrected chi connectivity index (χ2v) is 9.37. The predicted molar refractivity (Wildman–Crippen MR) is 118 cm³/mol. The topological polar surface area (TPSA) is 71.5 Å². The van der Waals surface area contributed by atoms with E-state index in [1.165, 1.54) is 0 Å². The molecule has 3 aromatic rings. The van der Waals surface area contributed by atoms with E-state index in [2.05, 4.69) is 26.8 Å². The molecule has 0 unspecified atom stereocenters. The van der Waals surface area contributed by atoms with E-state index < -0.39 is 5.97 Å². The number of para-hydroxylation sites is 1. The van der Waals surface area contributed by atoms with Gasteiger partial charge in [-0.15, -0.1) is 0 Å². The molecule has 1 aliphatic heterocycles. The van der Waals surface area contributed by atoms with Gasteiger partial charge in [-0.2, -0.15) is 0 Å². The molecule has 5 heteroatoms. The lowest BCUT2D eigenvalue weighted by atomic mass is 9.69. The third kappa shape index (κ3) is 3.44. The molecule has 0 spiro atoms. The second-order valence-electron chi connectivity index (χ2n) is 9.37. The molecule has 1 atom stereocenters. The first-order valence-corrected chi connectivity index (χ1v) is 10.5. The summed E-state index contributed by atoms with van der Waals surface area (Å²) in [6, 6.07) is 13.2. The molecule has 2 aliphatic rings. The Bertz CT molecular complexity index is 1240. The fourth-order valence-electron chi connectivity index (χ4n) is 4.57. The van der Waals surface area contributed by atoms with Crippen LogP contribution in [0, 0.1) is 11.3 Å². The van der Waals surface area contributed by atoms with Crippen molar-refractivity contribution in [1.29, 1.82) is 0 Å². The summed E-state index contributed by atoms with van der Waals surface area (Å²) in [5, 5.41) is 12.9. The number of carbonyl (C=O) groups excluding carboxylic acids is 1. The zero-order chi connectivity index (χ0) is 21.8. The van der Waals surface area contributed by atoms with Crippen LogP contribution in [0.1, 0.15) is 54.4 Å². The number of hydrogen-bond donors (Lipinski definition) is 0. The van der Waals surface area contributed by atoms with Gasteiger partial charge in [0.15, 0.2) is 11.5 Å². The first-order chi connectivity index (χ1) is 14.8.